The van der Waals surface area contributed by atoms with Crippen LogP contribution in [0.5, 0.6) is 17.2 Å². The van der Waals surface area contributed by atoms with Gasteiger partial charge in [0.2, 0.25) is 12.5 Å². The van der Waals surface area contributed by atoms with E-state index in [1.165, 1.54) is 25.3 Å². The van der Waals surface area contributed by atoms with Gasteiger partial charge < -0.3 is 23.4 Å². The smallest absolute Gasteiger partial charge is 0.361 e. The number of fused-ring (bicyclic) bond motifs is 2. The molecule has 0 aliphatic carbocycles. The maximum atomic E-state index is 13.3. The highest BCUT2D eigenvalue weighted by molar-refractivity contribution is 6.11. The molecule has 0 fully saturated rings. The summed E-state index contributed by atoms with van der Waals surface area (Å²) >= 11 is 0. The minimum absolute atomic E-state index is 0.00910. The summed E-state index contributed by atoms with van der Waals surface area (Å²) in [5.41, 5.74) is 2.81. The van der Waals surface area contributed by atoms with Gasteiger partial charge in [-0.15, -0.1) is 0 Å². The van der Waals surface area contributed by atoms with Gasteiger partial charge in [-0.05, 0) is 29.3 Å². The number of ether oxygens (including phenoxy) is 4. The van der Waals surface area contributed by atoms with Crippen molar-refractivity contribution in [3.63, 3.8) is 0 Å². The first-order valence-electron chi connectivity index (χ1n) is 10.2. The van der Waals surface area contributed by atoms with E-state index in [-0.39, 0.29) is 30.9 Å². The molecule has 32 heavy (non-hydrogen) atoms. The molecule has 8 heteroatoms. The Morgan fingerprint density at radius 1 is 1.12 bits per heavy atom. The normalized spacial score (nSPS) is 19.0. The van der Waals surface area contributed by atoms with Gasteiger partial charge in [0.1, 0.15) is 12.4 Å². The van der Waals surface area contributed by atoms with Crippen molar-refractivity contribution in [1.29, 1.82) is 0 Å². The number of carbonyl (C=O) groups excluding carboxylic acids is 2. The first kappa shape index (κ1) is 21.8. The van der Waals surface area contributed by atoms with Crippen LogP contribution >= 0.6 is 0 Å². The maximum absolute atomic E-state index is 13.3. The lowest BCUT2D eigenvalue weighted by Gasteiger charge is -2.38. The molecule has 168 valence electrons. The van der Waals surface area contributed by atoms with Crippen molar-refractivity contribution in [2.45, 2.75) is 13.0 Å². The number of quaternary nitrogens is 1. The van der Waals surface area contributed by atoms with Crippen molar-refractivity contribution >= 4 is 17.8 Å². The molecule has 2 aliphatic rings. The van der Waals surface area contributed by atoms with Crippen LogP contribution in [0, 0.1) is 5.82 Å². The number of rotatable bonds is 6. The Morgan fingerprint density at radius 3 is 2.53 bits per heavy atom. The lowest BCUT2D eigenvalue weighted by molar-refractivity contribution is -0.917. The summed E-state index contributed by atoms with van der Waals surface area (Å²) in [6.07, 6.45) is 3.65. The summed E-state index contributed by atoms with van der Waals surface area (Å²) in [4.78, 5) is 25.2. The number of nitrogens with zero attached hydrogens (tertiary/aromatic N) is 1. The van der Waals surface area contributed by atoms with Crippen molar-refractivity contribution in [2.75, 3.05) is 41.1 Å². The standard InChI is InChI=1S/C24H25FNO6/c1-26(13-20(28)29-2)11-10-17-18(12-26)22(30-3)24-23(31-14-32-24)21(17)19(27)9-6-15-4-7-16(25)8-5-15/h4-9H,10-14H2,1-3H3/q+1/b9-6+/t26-/m0/s1. The number of hydrogen-bond acceptors (Lipinski definition) is 6. The van der Waals surface area contributed by atoms with Gasteiger partial charge in [-0.2, -0.15) is 0 Å². The first-order chi connectivity index (χ1) is 15.3. The van der Waals surface area contributed by atoms with E-state index in [2.05, 4.69) is 0 Å². The number of esters is 1. The molecule has 0 saturated carbocycles. The highest BCUT2D eigenvalue weighted by atomic mass is 19.1. The van der Waals surface area contributed by atoms with Crippen LogP contribution in [0.25, 0.3) is 6.08 Å². The molecule has 0 N–H and O–H groups in total. The Labute approximate surface area is 185 Å². The van der Waals surface area contributed by atoms with Crippen LogP contribution in [-0.2, 0) is 22.5 Å². The molecule has 7 nitrogen and oxygen atoms in total. The van der Waals surface area contributed by atoms with Gasteiger partial charge in [0.25, 0.3) is 0 Å². The average Bonchev–Trinajstić information content (AvgIpc) is 3.25. The number of likely N-dealkylation sites (N-methyl/N-ethyl adjacent to an activating group) is 1. The minimum Gasteiger partial charge on any atom is -0.492 e. The zero-order valence-electron chi connectivity index (χ0n) is 18.3. The van der Waals surface area contributed by atoms with Gasteiger partial charge in [-0.1, -0.05) is 18.2 Å². The summed E-state index contributed by atoms with van der Waals surface area (Å²) in [6, 6.07) is 5.88. The SMILES string of the molecule is COC(=O)C[N@@+]1(C)CCc2c(c(OC)c3c(c2C(=O)/C=C/c2ccc(F)cc2)OCO3)C1. The second kappa shape index (κ2) is 8.63. The number of ketones is 1. The Bertz CT molecular complexity index is 1090. The summed E-state index contributed by atoms with van der Waals surface area (Å²) in [7, 11) is 4.89. The molecular weight excluding hydrogens is 417 g/mol. The topological polar surface area (TPSA) is 71.1 Å². The van der Waals surface area contributed by atoms with Crippen LogP contribution in [-0.4, -0.2) is 57.4 Å². The number of carbonyl (C=O) groups is 2. The Balaban J connectivity index is 1.76. The summed E-state index contributed by atoms with van der Waals surface area (Å²) in [6.45, 7) is 1.32. The molecule has 0 spiro atoms. The van der Waals surface area contributed by atoms with Crippen LogP contribution < -0.4 is 14.2 Å². The van der Waals surface area contributed by atoms with E-state index >= 15 is 0 Å². The second-order valence-electron chi connectivity index (χ2n) is 8.16. The highest BCUT2D eigenvalue weighted by Gasteiger charge is 2.40. The van der Waals surface area contributed by atoms with E-state index in [4.69, 9.17) is 18.9 Å². The molecule has 0 radical (unpaired) electrons. The third-order valence-corrected chi connectivity index (χ3v) is 5.91. The molecule has 4 rings (SSSR count). The fourth-order valence-electron chi connectivity index (χ4n) is 4.30. The third-order valence-electron chi connectivity index (χ3n) is 5.91. The van der Waals surface area contributed by atoms with E-state index in [1.807, 2.05) is 7.05 Å². The third kappa shape index (κ3) is 4.05. The lowest BCUT2D eigenvalue weighted by atomic mass is 9.89. The number of halogens is 1. The molecule has 2 aliphatic heterocycles. The van der Waals surface area contributed by atoms with Crippen molar-refractivity contribution in [3.8, 4) is 17.2 Å². The van der Waals surface area contributed by atoms with Crippen LogP contribution in [0.15, 0.2) is 30.3 Å². The number of hydrogen-bond donors (Lipinski definition) is 0. The van der Waals surface area contributed by atoms with E-state index in [0.29, 0.717) is 52.4 Å². The van der Waals surface area contributed by atoms with Crippen LogP contribution in [0.2, 0.25) is 0 Å². The molecule has 2 heterocycles. The van der Waals surface area contributed by atoms with Crippen LogP contribution in [0.4, 0.5) is 4.39 Å². The summed E-state index contributed by atoms with van der Waals surface area (Å²) in [5, 5.41) is 0. The van der Waals surface area contributed by atoms with Crippen LogP contribution in [0.3, 0.4) is 0 Å². The Kier molecular flexibility index (Phi) is 5.88. The molecule has 0 bridgehead atoms. The van der Waals surface area contributed by atoms with Crippen LogP contribution in [0.1, 0.15) is 27.0 Å². The fraction of sp³-hybridized carbons (Fsp3) is 0.333. The van der Waals surface area contributed by atoms with E-state index in [0.717, 1.165) is 11.1 Å². The molecule has 0 aromatic heterocycles. The maximum Gasteiger partial charge on any atom is 0.361 e. The Morgan fingerprint density at radius 2 is 1.84 bits per heavy atom. The lowest BCUT2D eigenvalue weighted by Crippen LogP contribution is -2.51. The predicted molar refractivity (Wildman–Crippen MR) is 114 cm³/mol. The number of benzene rings is 2. The summed E-state index contributed by atoms with van der Waals surface area (Å²) < 4.78 is 35.4. The number of allylic oxidation sites excluding steroid dienone is 1. The minimum atomic E-state index is -0.339. The highest BCUT2D eigenvalue weighted by Crippen LogP contribution is 2.50. The average molecular weight is 442 g/mol. The van der Waals surface area contributed by atoms with Gasteiger partial charge in [0, 0.05) is 6.42 Å². The summed E-state index contributed by atoms with van der Waals surface area (Å²) in [5.74, 6) is 0.428. The van der Waals surface area contributed by atoms with Crippen molar-refractivity contribution in [2.24, 2.45) is 0 Å². The molecule has 1 atom stereocenters. The van der Waals surface area contributed by atoms with E-state index < -0.39 is 0 Å². The van der Waals surface area contributed by atoms with Crippen molar-refractivity contribution in [1.82, 2.24) is 0 Å². The predicted octanol–water partition coefficient (Wildman–Crippen LogP) is 3.13. The molecule has 0 amide bonds. The second-order valence-corrected chi connectivity index (χ2v) is 8.16. The molecule has 2 aromatic rings. The zero-order chi connectivity index (χ0) is 22.9. The van der Waals surface area contributed by atoms with Gasteiger partial charge in [-0.3, -0.25) is 4.79 Å². The molecule has 0 saturated heterocycles. The fourth-order valence-corrected chi connectivity index (χ4v) is 4.30. The zero-order valence-corrected chi connectivity index (χ0v) is 18.3. The van der Waals surface area contributed by atoms with Gasteiger partial charge in [-0.25, -0.2) is 9.18 Å². The number of methoxy groups -OCH3 is 2. The van der Waals surface area contributed by atoms with Crippen molar-refractivity contribution in [3.05, 3.63) is 58.4 Å². The quantitative estimate of drug-likeness (QED) is 0.296. The van der Waals surface area contributed by atoms with Crippen molar-refractivity contribution < 1.29 is 37.4 Å². The van der Waals surface area contributed by atoms with E-state index in [1.54, 1.807) is 25.3 Å². The van der Waals surface area contributed by atoms with Gasteiger partial charge in [0.05, 0.1) is 38.9 Å². The first-order valence-corrected chi connectivity index (χ1v) is 10.2. The van der Waals surface area contributed by atoms with Gasteiger partial charge >= 0.3 is 5.97 Å². The molecular formula is C24H25FNO6+. The largest absolute Gasteiger partial charge is 0.492 e. The molecule has 2 aromatic carbocycles. The molecule has 0 unspecified atom stereocenters. The monoisotopic (exact) mass is 442 g/mol. The Hall–Kier alpha value is -3.39. The van der Waals surface area contributed by atoms with Gasteiger partial charge in [0.15, 0.2) is 23.8 Å². The van der Waals surface area contributed by atoms with E-state index in [9.17, 15) is 14.0 Å².